The van der Waals surface area contributed by atoms with E-state index in [2.05, 4.69) is 5.32 Å². The Morgan fingerprint density at radius 3 is 2.38 bits per heavy atom. The normalized spacial score (nSPS) is 15.4. The Labute approximate surface area is 187 Å². The first-order valence-electron chi connectivity index (χ1n) is 10.3. The summed E-state index contributed by atoms with van der Waals surface area (Å²) >= 11 is 0. The van der Waals surface area contributed by atoms with Crippen molar-refractivity contribution in [2.45, 2.75) is 11.9 Å². The van der Waals surface area contributed by atoms with E-state index in [1.165, 1.54) is 4.31 Å². The second-order valence-corrected chi connectivity index (χ2v) is 9.19. The molecule has 0 saturated heterocycles. The van der Waals surface area contributed by atoms with Gasteiger partial charge in [-0.25, -0.2) is 8.42 Å². The first-order valence-corrected chi connectivity index (χ1v) is 11.9. The van der Waals surface area contributed by atoms with Crippen molar-refractivity contribution in [3.8, 4) is 11.5 Å². The summed E-state index contributed by atoms with van der Waals surface area (Å²) in [6.07, 6.45) is -0.966. The third-order valence-corrected chi connectivity index (χ3v) is 6.68. The van der Waals surface area contributed by atoms with Gasteiger partial charge >= 0.3 is 0 Å². The Hall–Kier alpha value is -3.52. The van der Waals surface area contributed by atoms with Crippen LogP contribution in [0.25, 0.3) is 0 Å². The maximum absolute atomic E-state index is 13.2. The lowest BCUT2D eigenvalue weighted by Gasteiger charge is -2.34. The molecule has 32 heavy (non-hydrogen) atoms. The average Bonchev–Trinajstić information content (AvgIpc) is 2.82. The molecule has 8 heteroatoms. The highest BCUT2D eigenvalue weighted by molar-refractivity contribution is 7.92. The molecule has 3 aromatic rings. The van der Waals surface area contributed by atoms with Crippen LogP contribution in [-0.2, 0) is 20.6 Å². The number of anilines is 1. The lowest BCUT2D eigenvalue weighted by atomic mass is 10.2. The zero-order valence-electron chi connectivity index (χ0n) is 17.4. The Balaban J connectivity index is 1.44. The van der Waals surface area contributed by atoms with Crippen molar-refractivity contribution in [2.24, 2.45) is 0 Å². The highest BCUT2D eigenvalue weighted by Gasteiger charge is 2.36. The minimum absolute atomic E-state index is 0.0996. The fraction of sp³-hybridized carbons (Fsp3) is 0.208. The molecule has 0 unspecified atom stereocenters. The van der Waals surface area contributed by atoms with Crippen LogP contribution in [0.5, 0.6) is 11.5 Å². The standard InChI is InChI=1S/C24H24N2O5S/c27-24(25-15-16-30-20-11-5-2-6-12-20)23-17-26(21-13-7-8-14-22(21)31-23)32(28,29)18-19-9-3-1-4-10-19/h1-14,23H,15-18H2,(H,25,27)/t23-/m0/s1. The molecule has 0 fully saturated rings. The maximum atomic E-state index is 13.2. The van der Waals surface area contributed by atoms with Crippen LogP contribution in [0.1, 0.15) is 5.56 Å². The Bertz CT molecular complexity index is 1150. The van der Waals surface area contributed by atoms with Crippen LogP contribution in [0.2, 0.25) is 0 Å². The van der Waals surface area contributed by atoms with Crippen LogP contribution in [0.3, 0.4) is 0 Å². The van der Waals surface area contributed by atoms with E-state index in [9.17, 15) is 13.2 Å². The molecule has 0 bridgehead atoms. The fourth-order valence-corrected chi connectivity index (χ4v) is 5.02. The van der Waals surface area contributed by atoms with E-state index >= 15 is 0 Å². The van der Waals surface area contributed by atoms with E-state index in [-0.39, 0.29) is 25.4 Å². The summed E-state index contributed by atoms with van der Waals surface area (Å²) in [7, 11) is -3.73. The predicted molar refractivity (Wildman–Crippen MR) is 122 cm³/mol. The molecule has 166 valence electrons. The fourth-order valence-electron chi connectivity index (χ4n) is 3.44. The molecule has 1 atom stereocenters. The molecular weight excluding hydrogens is 428 g/mol. The predicted octanol–water partition coefficient (Wildman–Crippen LogP) is 2.98. The number of carbonyl (C=O) groups excluding carboxylic acids is 1. The molecule has 0 radical (unpaired) electrons. The summed E-state index contributed by atoms with van der Waals surface area (Å²) in [5.74, 6) is 0.511. The first-order chi connectivity index (χ1) is 15.5. The smallest absolute Gasteiger partial charge is 0.263 e. The van der Waals surface area contributed by atoms with Crippen LogP contribution in [0, 0.1) is 0 Å². The molecule has 1 aliphatic heterocycles. The van der Waals surface area contributed by atoms with Gasteiger partial charge in [0.05, 0.1) is 24.5 Å². The van der Waals surface area contributed by atoms with Crippen molar-refractivity contribution in [3.63, 3.8) is 0 Å². The zero-order chi connectivity index (χ0) is 22.4. The number of benzene rings is 3. The molecule has 7 nitrogen and oxygen atoms in total. The molecule has 0 spiro atoms. The van der Waals surface area contributed by atoms with Crippen molar-refractivity contribution in [3.05, 3.63) is 90.5 Å². The molecule has 1 N–H and O–H groups in total. The maximum Gasteiger partial charge on any atom is 0.263 e. The van der Waals surface area contributed by atoms with Crippen LogP contribution in [-0.4, -0.2) is 40.1 Å². The van der Waals surface area contributed by atoms with Gasteiger partial charge in [0.2, 0.25) is 10.0 Å². The summed E-state index contributed by atoms with van der Waals surface area (Å²) in [4.78, 5) is 12.7. The van der Waals surface area contributed by atoms with Crippen LogP contribution >= 0.6 is 0 Å². The monoisotopic (exact) mass is 452 g/mol. The molecule has 1 heterocycles. The number of carbonyl (C=O) groups is 1. The molecule has 0 saturated carbocycles. The summed E-state index contributed by atoms with van der Waals surface area (Å²) in [6, 6.07) is 25.1. The van der Waals surface area contributed by atoms with Gasteiger partial charge in [-0.3, -0.25) is 9.10 Å². The molecule has 4 rings (SSSR count). The van der Waals surface area contributed by atoms with Crippen molar-refractivity contribution in [2.75, 3.05) is 24.0 Å². The molecule has 0 aliphatic carbocycles. The quantitative estimate of drug-likeness (QED) is 0.531. The molecule has 3 aromatic carbocycles. The topological polar surface area (TPSA) is 84.9 Å². The number of para-hydroxylation sites is 3. The van der Waals surface area contributed by atoms with Gasteiger partial charge < -0.3 is 14.8 Å². The van der Waals surface area contributed by atoms with Crippen molar-refractivity contribution < 1.29 is 22.7 Å². The van der Waals surface area contributed by atoms with Gasteiger partial charge in [-0.1, -0.05) is 60.7 Å². The lowest BCUT2D eigenvalue weighted by Crippen LogP contribution is -2.51. The summed E-state index contributed by atoms with van der Waals surface area (Å²) in [5.41, 5.74) is 1.11. The van der Waals surface area contributed by atoms with Gasteiger partial charge in [0, 0.05) is 0 Å². The van der Waals surface area contributed by atoms with Crippen LogP contribution < -0.4 is 19.1 Å². The third-order valence-electron chi connectivity index (χ3n) is 4.97. The van der Waals surface area contributed by atoms with Crippen molar-refractivity contribution in [1.82, 2.24) is 5.32 Å². The van der Waals surface area contributed by atoms with E-state index in [1.807, 2.05) is 36.4 Å². The first kappa shape index (κ1) is 21.7. The molecular formula is C24H24N2O5S. The second-order valence-electron chi connectivity index (χ2n) is 7.30. The van der Waals surface area contributed by atoms with E-state index in [1.54, 1.807) is 48.5 Å². The largest absolute Gasteiger partial charge is 0.492 e. The van der Waals surface area contributed by atoms with Gasteiger partial charge in [-0.15, -0.1) is 0 Å². The third kappa shape index (κ3) is 5.20. The molecule has 1 amide bonds. The van der Waals surface area contributed by atoms with E-state index < -0.39 is 22.0 Å². The Kier molecular flexibility index (Phi) is 6.61. The van der Waals surface area contributed by atoms with E-state index in [4.69, 9.17) is 9.47 Å². The summed E-state index contributed by atoms with van der Waals surface area (Å²) < 4.78 is 39.1. The number of nitrogens with zero attached hydrogens (tertiary/aromatic N) is 1. The minimum atomic E-state index is -3.73. The number of nitrogens with one attached hydrogen (secondary N) is 1. The van der Waals surface area contributed by atoms with Gasteiger partial charge in [0.25, 0.3) is 5.91 Å². The number of hydrogen-bond donors (Lipinski definition) is 1. The average molecular weight is 453 g/mol. The number of amides is 1. The number of hydrogen-bond acceptors (Lipinski definition) is 5. The summed E-state index contributed by atoms with van der Waals surface area (Å²) in [5, 5.41) is 2.76. The Morgan fingerprint density at radius 1 is 0.969 bits per heavy atom. The van der Waals surface area contributed by atoms with Crippen molar-refractivity contribution in [1.29, 1.82) is 0 Å². The number of ether oxygens (including phenoxy) is 2. The van der Waals surface area contributed by atoms with E-state index in [0.29, 0.717) is 22.7 Å². The van der Waals surface area contributed by atoms with Gasteiger partial charge in [0.1, 0.15) is 18.1 Å². The highest BCUT2D eigenvalue weighted by Crippen LogP contribution is 2.35. The number of rotatable bonds is 8. The van der Waals surface area contributed by atoms with Gasteiger partial charge in [-0.05, 0) is 29.8 Å². The minimum Gasteiger partial charge on any atom is -0.492 e. The lowest BCUT2D eigenvalue weighted by molar-refractivity contribution is -0.127. The van der Waals surface area contributed by atoms with E-state index in [0.717, 1.165) is 0 Å². The SMILES string of the molecule is O=C(NCCOc1ccccc1)[C@@H]1CN(S(=O)(=O)Cc2ccccc2)c2ccccc2O1. The second kappa shape index (κ2) is 9.74. The Morgan fingerprint density at radius 2 is 1.62 bits per heavy atom. The number of fused-ring (bicyclic) bond motifs is 1. The summed E-state index contributed by atoms with van der Waals surface area (Å²) in [6.45, 7) is 0.457. The molecule has 1 aliphatic rings. The molecule has 0 aromatic heterocycles. The van der Waals surface area contributed by atoms with Crippen LogP contribution in [0.4, 0.5) is 5.69 Å². The van der Waals surface area contributed by atoms with Gasteiger partial charge in [0.15, 0.2) is 6.10 Å². The number of sulfonamides is 1. The zero-order valence-corrected chi connectivity index (χ0v) is 18.2. The van der Waals surface area contributed by atoms with Crippen LogP contribution in [0.15, 0.2) is 84.9 Å². The highest BCUT2D eigenvalue weighted by atomic mass is 32.2. The van der Waals surface area contributed by atoms with Crippen molar-refractivity contribution >= 4 is 21.6 Å². The van der Waals surface area contributed by atoms with Gasteiger partial charge in [-0.2, -0.15) is 0 Å².